The third-order valence-corrected chi connectivity index (χ3v) is 17.2. The van der Waals surface area contributed by atoms with Crippen LogP contribution in [0.15, 0.2) is 102 Å². The number of urea groups is 1. The van der Waals surface area contributed by atoms with Gasteiger partial charge in [0.1, 0.15) is 59.4 Å². The molecule has 3 fully saturated rings. The molecule has 0 radical (unpaired) electrons. The number of amides is 4. The first kappa shape index (κ1) is 52.1. The van der Waals surface area contributed by atoms with Crippen molar-refractivity contribution in [2.24, 2.45) is 0 Å². The minimum Gasteiger partial charge on any atom is -0.489 e. The Balaban J connectivity index is 0.736. The molecular weight excluding hydrogens is 1130 g/mol. The second-order valence-electron chi connectivity index (χ2n) is 18.1. The van der Waals surface area contributed by atoms with Gasteiger partial charge < -0.3 is 43.9 Å². The Morgan fingerprint density at radius 1 is 0.857 bits per heavy atom. The highest BCUT2D eigenvalue weighted by Crippen LogP contribution is 2.61. The predicted molar refractivity (Wildman–Crippen MR) is 275 cm³/mol. The van der Waals surface area contributed by atoms with Crippen LogP contribution in [0.2, 0.25) is 20.1 Å². The molecule has 3 saturated heterocycles. The number of para-hydroxylation sites is 1. The van der Waals surface area contributed by atoms with Crippen LogP contribution in [0.1, 0.15) is 45.5 Å². The smallest absolute Gasteiger partial charge is 0.489 e. The summed E-state index contributed by atoms with van der Waals surface area (Å²) in [7, 11) is -3.13. The standard InChI is InChI=1S/C50H37Cl4N5O16S2/c1-56(25-5-3-2-4-6-25)26-9-14-30-33(17-26)73-34-18-29(13-15-31(34)50(30)36-35(47(64)74-50)37(51)39(53)40(54)38(36)52)72-49(66)71-20-23-7-11-28(12-8-23)70-21-24-22-76-45-41(44(61)58(45)42(24)46(62)63)55-43(60)32-16-10-27-19-57(32)48(65)59(27)75-77(67,68)69/h2-9,11-15,17-18,27,32,41,45H,10,16,19-22H2,1H3,(H,55,60)(H,62,63)(H,67,68,69)/t27-,32?,41+,45+,50?/m0/s1. The van der Waals surface area contributed by atoms with Crippen LogP contribution in [0.3, 0.4) is 0 Å². The van der Waals surface area contributed by atoms with Crippen LogP contribution in [-0.2, 0) is 50.7 Å². The number of hydrogen-bond acceptors (Lipinski definition) is 16. The van der Waals surface area contributed by atoms with Crippen LogP contribution in [0, 0.1) is 0 Å². The number of anilines is 2. The van der Waals surface area contributed by atoms with Gasteiger partial charge in [0.15, 0.2) is 5.60 Å². The number of carbonyl (C=O) groups excluding carboxylic acids is 5. The number of nitrogens with one attached hydrogen (secondary N) is 1. The van der Waals surface area contributed by atoms with E-state index in [9.17, 15) is 42.3 Å². The Morgan fingerprint density at radius 3 is 2.26 bits per heavy atom. The van der Waals surface area contributed by atoms with Crippen molar-refractivity contribution in [3.05, 3.63) is 150 Å². The molecule has 2 unspecified atom stereocenters. The molecule has 6 heterocycles. The molecule has 0 aliphatic carbocycles. The van der Waals surface area contributed by atoms with Gasteiger partial charge in [-0.05, 0) is 66.9 Å². The third-order valence-electron chi connectivity index (χ3n) is 13.7. The van der Waals surface area contributed by atoms with Gasteiger partial charge >= 0.3 is 34.5 Å². The zero-order valence-electron chi connectivity index (χ0n) is 39.4. The van der Waals surface area contributed by atoms with Crippen molar-refractivity contribution in [3.8, 4) is 23.0 Å². The highest BCUT2D eigenvalue weighted by atomic mass is 35.5. The van der Waals surface area contributed by atoms with Gasteiger partial charge in [-0.2, -0.15) is 13.5 Å². The number of hydroxylamine groups is 2. The number of piperidine rings is 1. The molecule has 0 aromatic heterocycles. The van der Waals surface area contributed by atoms with E-state index in [-0.39, 0.29) is 98.1 Å². The monoisotopic (exact) mass is 1170 g/mol. The Morgan fingerprint density at radius 2 is 1.55 bits per heavy atom. The van der Waals surface area contributed by atoms with E-state index in [4.69, 9.17) is 74.6 Å². The number of ether oxygens (including phenoxy) is 5. The molecule has 21 nitrogen and oxygen atoms in total. The summed E-state index contributed by atoms with van der Waals surface area (Å²) in [5.41, 5.74) is 1.15. The number of fused-ring (bicyclic) bond motifs is 9. The van der Waals surface area contributed by atoms with Gasteiger partial charge in [0.05, 0.1) is 31.7 Å². The van der Waals surface area contributed by atoms with Crippen LogP contribution < -0.4 is 24.4 Å². The first-order valence-corrected chi connectivity index (χ1v) is 27.1. The Labute approximate surface area is 460 Å². The van der Waals surface area contributed by atoms with Crippen molar-refractivity contribution in [3.63, 3.8) is 0 Å². The molecule has 11 rings (SSSR count). The number of nitrogens with zero attached hydrogens (tertiary/aromatic N) is 4. The number of carbonyl (C=O) groups is 6. The van der Waals surface area contributed by atoms with Gasteiger partial charge in [0, 0.05) is 65.1 Å². The molecule has 4 amide bonds. The second kappa shape index (κ2) is 19.8. The van der Waals surface area contributed by atoms with Gasteiger partial charge in [0.2, 0.25) is 5.91 Å². The van der Waals surface area contributed by atoms with Gasteiger partial charge in [-0.25, -0.2) is 19.2 Å². The van der Waals surface area contributed by atoms with E-state index in [1.165, 1.54) is 23.9 Å². The number of thioether (sulfide) groups is 1. The maximum atomic E-state index is 13.8. The summed E-state index contributed by atoms with van der Waals surface area (Å²) in [6.07, 6.45) is -0.795. The van der Waals surface area contributed by atoms with Gasteiger partial charge in [-0.15, -0.1) is 16.0 Å². The molecule has 5 aromatic carbocycles. The number of rotatable bonds is 13. The lowest BCUT2D eigenvalue weighted by molar-refractivity contribution is -0.151. The summed E-state index contributed by atoms with van der Waals surface area (Å²) >= 11 is 27.8. The second-order valence-corrected chi connectivity index (χ2v) is 21.8. The molecule has 0 saturated carbocycles. The first-order chi connectivity index (χ1) is 36.7. The quantitative estimate of drug-likeness (QED) is 0.0249. The number of benzene rings is 5. The first-order valence-electron chi connectivity index (χ1n) is 23.1. The lowest BCUT2D eigenvalue weighted by Crippen LogP contribution is -2.71. The molecule has 398 valence electrons. The molecule has 1 spiro atoms. The molecule has 6 aliphatic rings. The minimum atomic E-state index is -5.00. The minimum absolute atomic E-state index is 0.00599. The van der Waals surface area contributed by atoms with E-state index in [0.717, 1.165) is 15.5 Å². The molecule has 6 aliphatic heterocycles. The lowest BCUT2D eigenvalue weighted by Gasteiger charge is -2.49. The molecule has 5 aromatic rings. The maximum absolute atomic E-state index is 13.8. The fourth-order valence-electron chi connectivity index (χ4n) is 10.1. The largest absolute Gasteiger partial charge is 0.514 e. The highest BCUT2D eigenvalue weighted by Gasteiger charge is 2.58. The van der Waals surface area contributed by atoms with Gasteiger partial charge in [-0.1, -0.05) is 76.7 Å². The summed E-state index contributed by atoms with van der Waals surface area (Å²) in [4.78, 5) is 83.2. The highest BCUT2D eigenvalue weighted by molar-refractivity contribution is 8.00. The van der Waals surface area contributed by atoms with E-state index in [0.29, 0.717) is 33.2 Å². The zero-order valence-corrected chi connectivity index (χ0v) is 44.1. The molecule has 27 heteroatoms. The van der Waals surface area contributed by atoms with Crippen LogP contribution >= 0.6 is 58.2 Å². The zero-order chi connectivity index (χ0) is 54.4. The van der Waals surface area contributed by atoms with E-state index < -0.39 is 75.4 Å². The predicted octanol–water partition coefficient (Wildman–Crippen LogP) is 8.47. The summed E-state index contributed by atoms with van der Waals surface area (Å²) < 4.78 is 65.7. The average Bonchev–Trinajstić information content (AvgIpc) is 4.12. The van der Waals surface area contributed by atoms with Crippen LogP contribution in [0.25, 0.3) is 0 Å². The molecule has 2 bridgehead atoms. The van der Waals surface area contributed by atoms with Crippen molar-refractivity contribution in [2.75, 3.05) is 30.9 Å². The van der Waals surface area contributed by atoms with E-state index in [2.05, 4.69) is 9.60 Å². The van der Waals surface area contributed by atoms with E-state index in [1.54, 1.807) is 42.5 Å². The molecule has 77 heavy (non-hydrogen) atoms. The molecule has 5 atom stereocenters. The van der Waals surface area contributed by atoms with Crippen LogP contribution in [0.5, 0.6) is 23.0 Å². The number of halogens is 4. The van der Waals surface area contributed by atoms with Crippen molar-refractivity contribution in [1.82, 2.24) is 20.2 Å². The number of carboxylic acid groups (broad SMARTS) is 1. The molecular formula is C50H37Cl4N5O16S2. The summed E-state index contributed by atoms with van der Waals surface area (Å²) in [6.45, 7) is -0.505. The Hall–Kier alpha value is -6.96. The van der Waals surface area contributed by atoms with Crippen LogP contribution in [-0.4, -0.2) is 118 Å². The Bertz CT molecular complexity index is 3540. The summed E-state index contributed by atoms with van der Waals surface area (Å²) in [5, 5.41) is 12.1. The summed E-state index contributed by atoms with van der Waals surface area (Å²) in [6, 6.07) is 21.8. The maximum Gasteiger partial charge on any atom is 0.514 e. The van der Waals surface area contributed by atoms with E-state index >= 15 is 0 Å². The number of hydrogen-bond donors (Lipinski definition) is 3. The summed E-state index contributed by atoms with van der Waals surface area (Å²) in [5.74, 6) is -2.73. The van der Waals surface area contributed by atoms with E-state index in [1.807, 2.05) is 48.3 Å². The van der Waals surface area contributed by atoms with Crippen molar-refractivity contribution >= 4 is 116 Å². The van der Waals surface area contributed by atoms with Gasteiger partial charge in [0.25, 0.3) is 5.91 Å². The lowest BCUT2D eigenvalue weighted by atomic mass is 9.77. The Kier molecular flexibility index (Phi) is 13.4. The fourth-order valence-corrected chi connectivity index (χ4v) is 12.9. The number of carboxylic acids is 1. The van der Waals surface area contributed by atoms with Crippen molar-refractivity contribution < 1.29 is 74.8 Å². The van der Waals surface area contributed by atoms with Crippen LogP contribution in [0.4, 0.5) is 21.0 Å². The number of β-lactam (4-membered cyclic amide) rings is 1. The SMILES string of the molecule is CN(c1ccccc1)c1ccc2c(c1)Oc1cc(OC(=O)OCc3ccc(OCC4=C(C(=O)O)N5C(=O)[C@@H](NC(=O)C6CC[C@H]7CN6C(=O)N7OS(=O)(=O)O)[C@H]5SC4)cc3)ccc1C21OC(=O)c2c(Cl)c(Cl)c(Cl)c(Cl)c21. The number of aliphatic carboxylic acids is 1. The fraction of sp³-hybridized carbons (Fsp3) is 0.240. The normalized spacial score (nSPS) is 21.8. The molecule has 3 N–H and O–H groups in total. The topological polar surface area (TPSA) is 257 Å². The number of esters is 1. The van der Waals surface area contributed by atoms with Gasteiger partial charge in [-0.3, -0.25) is 19.0 Å². The van der Waals surface area contributed by atoms with Crippen molar-refractivity contribution in [1.29, 1.82) is 0 Å². The third kappa shape index (κ3) is 9.06. The average molecular weight is 1170 g/mol. The van der Waals surface area contributed by atoms with Crippen molar-refractivity contribution in [2.45, 2.75) is 48.5 Å².